The molecule has 0 radical (unpaired) electrons. The van der Waals surface area contributed by atoms with Crippen molar-refractivity contribution in [3.8, 4) is 5.75 Å². The zero-order valence-corrected chi connectivity index (χ0v) is 9.32. The molecule has 0 aliphatic heterocycles. The molecule has 2 heteroatoms. The minimum atomic E-state index is 0.450. The van der Waals surface area contributed by atoms with E-state index >= 15 is 0 Å². The van der Waals surface area contributed by atoms with Crippen LogP contribution in [0.4, 0.5) is 0 Å². The number of hydrogen-bond acceptors (Lipinski definition) is 2. The largest absolute Gasteiger partial charge is 0.496 e. The van der Waals surface area contributed by atoms with E-state index < -0.39 is 0 Å². The first-order chi connectivity index (χ1) is 7.22. The molecule has 15 heavy (non-hydrogen) atoms. The van der Waals surface area contributed by atoms with Gasteiger partial charge in [-0.1, -0.05) is 19.9 Å². The Balaban J connectivity index is 2.69. The van der Waals surface area contributed by atoms with E-state index in [4.69, 9.17) is 4.74 Å². The van der Waals surface area contributed by atoms with Crippen LogP contribution in [0.1, 0.15) is 25.3 Å². The van der Waals surface area contributed by atoms with Gasteiger partial charge in [0.2, 0.25) is 0 Å². The number of rotatable bonds is 2. The Morgan fingerprint density at radius 1 is 1.27 bits per heavy atom. The molecule has 1 heterocycles. The Morgan fingerprint density at radius 2 is 2.07 bits per heavy atom. The molecule has 0 bridgehead atoms. The molecule has 2 rings (SSSR count). The van der Waals surface area contributed by atoms with Gasteiger partial charge in [-0.2, -0.15) is 0 Å². The van der Waals surface area contributed by atoms with Gasteiger partial charge in [-0.15, -0.1) is 0 Å². The van der Waals surface area contributed by atoms with E-state index in [-0.39, 0.29) is 0 Å². The van der Waals surface area contributed by atoms with Crippen molar-refractivity contribution < 1.29 is 4.74 Å². The minimum absolute atomic E-state index is 0.450. The van der Waals surface area contributed by atoms with Crippen LogP contribution in [0.15, 0.2) is 30.5 Å². The summed E-state index contributed by atoms with van der Waals surface area (Å²) in [6, 6.07) is 8.16. The van der Waals surface area contributed by atoms with E-state index in [1.165, 1.54) is 5.56 Å². The first-order valence-electron chi connectivity index (χ1n) is 5.15. The third kappa shape index (κ3) is 1.80. The van der Waals surface area contributed by atoms with Crippen molar-refractivity contribution in [1.82, 2.24) is 4.98 Å². The van der Waals surface area contributed by atoms with Crippen LogP contribution in [0.3, 0.4) is 0 Å². The zero-order valence-electron chi connectivity index (χ0n) is 9.32. The summed E-state index contributed by atoms with van der Waals surface area (Å²) in [4.78, 5) is 4.34. The number of pyridine rings is 1. The fourth-order valence-corrected chi connectivity index (χ4v) is 1.74. The Labute approximate surface area is 89.9 Å². The molecule has 0 aliphatic rings. The molecule has 0 atom stereocenters. The monoisotopic (exact) mass is 201 g/mol. The first-order valence-corrected chi connectivity index (χ1v) is 5.15. The number of nitrogens with zero attached hydrogens (tertiary/aromatic N) is 1. The number of fused-ring (bicyclic) bond motifs is 1. The van der Waals surface area contributed by atoms with Crippen molar-refractivity contribution in [2.75, 3.05) is 7.11 Å². The second-order valence-corrected chi connectivity index (χ2v) is 3.94. The molecule has 0 fully saturated rings. The van der Waals surface area contributed by atoms with Gasteiger partial charge in [0.1, 0.15) is 5.75 Å². The lowest BCUT2D eigenvalue weighted by atomic mass is 10.00. The summed E-state index contributed by atoms with van der Waals surface area (Å²) in [5.41, 5.74) is 2.24. The van der Waals surface area contributed by atoms with Gasteiger partial charge >= 0.3 is 0 Å². The Hall–Kier alpha value is -1.57. The highest BCUT2D eigenvalue weighted by atomic mass is 16.5. The maximum absolute atomic E-state index is 5.39. The topological polar surface area (TPSA) is 22.1 Å². The van der Waals surface area contributed by atoms with Gasteiger partial charge in [0, 0.05) is 11.6 Å². The van der Waals surface area contributed by atoms with Crippen molar-refractivity contribution >= 4 is 10.9 Å². The number of hydrogen-bond donors (Lipinski definition) is 0. The molecule has 0 N–H and O–H groups in total. The zero-order chi connectivity index (χ0) is 10.8. The summed E-state index contributed by atoms with van der Waals surface area (Å²) in [6.45, 7) is 4.32. The maximum atomic E-state index is 5.39. The lowest BCUT2D eigenvalue weighted by Crippen LogP contribution is -1.95. The van der Waals surface area contributed by atoms with E-state index in [1.807, 2.05) is 12.3 Å². The number of benzene rings is 1. The molecule has 0 saturated heterocycles. The summed E-state index contributed by atoms with van der Waals surface area (Å²) in [6.07, 6.45) is 1.82. The lowest BCUT2D eigenvalue weighted by Gasteiger charge is -2.12. The van der Waals surface area contributed by atoms with Crippen LogP contribution in [0.2, 0.25) is 0 Å². The van der Waals surface area contributed by atoms with Gasteiger partial charge in [0.25, 0.3) is 0 Å². The molecule has 1 aromatic heterocycles. The summed E-state index contributed by atoms with van der Waals surface area (Å²) >= 11 is 0. The fourth-order valence-electron chi connectivity index (χ4n) is 1.74. The Morgan fingerprint density at radius 3 is 2.73 bits per heavy atom. The summed E-state index contributed by atoms with van der Waals surface area (Å²) in [5.74, 6) is 1.40. The predicted octanol–water partition coefficient (Wildman–Crippen LogP) is 3.37. The number of ether oxygens (including phenoxy) is 1. The van der Waals surface area contributed by atoms with Crippen molar-refractivity contribution in [1.29, 1.82) is 0 Å². The summed E-state index contributed by atoms with van der Waals surface area (Å²) in [5, 5.41) is 1.12. The van der Waals surface area contributed by atoms with Crippen LogP contribution in [-0.4, -0.2) is 12.1 Å². The molecule has 2 nitrogen and oxygen atoms in total. The number of aromatic nitrogens is 1. The molecule has 0 unspecified atom stereocenters. The van der Waals surface area contributed by atoms with E-state index in [1.54, 1.807) is 7.11 Å². The average Bonchev–Trinajstić information content (AvgIpc) is 2.27. The Kier molecular flexibility index (Phi) is 2.58. The molecule has 0 saturated carbocycles. The molecule has 1 aromatic carbocycles. The van der Waals surface area contributed by atoms with Gasteiger partial charge in [-0.25, -0.2) is 0 Å². The normalized spacial score (nSPS) is 10.9. The van der Waals surface area contributed by atoms with Crippen LogP contribution in [0.25, 0.3) is 10.9 Å². The van der Waals surface area contributed by atoms with Crippen LogP contribution in [0, 0.1) is 0 Å². The van der Waals surface area contributed by atoms with Gasteiger partial charge in [-0.05, 0) is 29.7 Å². The fraction of sp³-hybridized carbons (Fsp3) is 0.308. The van der Waals surface area contributed by atoms with Crippen LogP contribution >= 0.6 is 0 Å². The molecular weight excluding hydrogens is 186 g/mol. The smallest absolute Gasteiger partial charge is 0.123 e. The molecule has 0 amide bonds. The third-order valence-electron chi connectivity index (χ3n) is 2.58. The van der Waals surface area contributed by atoms with Crippen molar-refractivity contribution in [2.24, 2.45) is 0 Å². The highest BCUT2D eigenvalue weighted by Gasteiger charge is 2.08. The quantitative estimate of drug-likeness (QED) is 0.743. The second-order valence-electron chi connectivity index (χ2n) is 3.94. The lowest BCUT2D eigenvalue weighted by molar-refractivity contribution is 0.408. The predicted molar refractivity (Wildman–Crippen MR) is 62.4 cm³/mol. The van der Waals surface area contributed by atoms with Gasteiger partial charge in [0.15, 0.2) is 0 Å². The third-order valence-corrected chi connectivity index (χ3v) is 2.58. The van der Waals surface area contributed by atoms with E-state index in [2.05, 4.69) is 37.0 Å². The van der Waals surface area contributed by atoms with Gasteiger partial charge in [-0.3, -0.25) is 4.98 Å². The van der Waals surface area contributed by atoms with Gasteiger partial charge < -0.3 is 4.74 Å². The van der Waals surface area contributed by atoms with Crippen LogP contribution < -0.4 is 4.74 Å². The molecule has 0 aliphatic carbocycles. The van der Waals surface area contributed by atoms with E-state index in [0.717, 1.165) is 16.7 Å². The summed E-state index contributed by atoms with van der Waals surface area (Å²) in [7, 11) is 1.71. The van der Waals surface area contributed by atoms with Crippen LogP contribution in [-0.2, 0) is 0 Å². The summed E-state index contributed by atoms with van der Waals surface area (Å²) < 4.78 is 5.39. The van der Waals surface area contributed by atoms with Crippen LogP contribution in [0.5, 0.6) is 5.75 Å². The molecule has 2 aromatic rings. The highest BCUT2D eigenvalue weighted by Crippen LogP contribution is 2.30. The van der Waals surface area contributed by atoms with E-state index in [0.29, 0.717) is 5.92 Å². The second kappa shape index (κ2) is 3.89. The molecule has 78 valence electrons. The average molecular weight is 201 g/mol. The van der Waals surface area contributed by atoms with Crippen molar-refractivity contribution in [3.63, 3.8) is 0 Å². The highest BCUT2D eigenvalue weighted by molar-refractivity contribution is 5.81. The molecule has 0 spiro atoms. The van der Waals surface area contributed by atoms with Crippen molar-refractivity contribution in [2.45, 2.75) is 19.8 Å². The SMILES string of the molecule is COc1cc2cccnc2cc1C(C)C. The minimum Gasteiger partial charge on any atom is -0.496 e. The van der Waals surface area contributed by atoms with Crippen molar-refractivity contribution in [3.05, 3.63) is 36.0 Å². The number of methoxy groups -OCH3 is 1. The standard InChI is InChI=1S/C13H15NO/c1-9(2)11-8-12-10(5-4-6-14-12)7-13(11)15-3/h4-9H,1-3H3. The maximum Gasteiger partial charge on any atom is 0.123 e. The Bertz CT molecular complexity index is 477. The van der Waals surface area contributed by atoms with Gasteiger partial charge in [0.05, 0.1) is 12.6 Å². The van der Waals surface area contributed by atoms with E-state index in [9.17, 15) is 0 Å². The molecular formula is C13H15NO. The first kappa shape index (κ1) is 9.97.